The molecule has 16 heavy (non-hydrogen) atoms. The van der Waals surface area contributed by atoms with Crippen molar-refractivity contribution in [2.24, 2.45) is 5.92 Å². The van der Waals surface area contributed by atoms with E-state index >= 15 is 0 Å². The molecule has 6 nitrogen and oxygen atoms in total. The molecule has 0 amide bonds. The number of hydrogen-bond acceptors (Lipinski definition) is 4. The van der Waals surface area contributed by atoms with Gasteiger partial charge in [-0.25, -0.2) is 9.78 Å². The second-order valence-corrected chi connectivity index (χ2v) is 3.93. The molecule has 0 spiro atoms. The largest absolute Gasteiger partial charge is 0.480 e. The van der Waals surface area contributed by atoms with Crippen molar-refractivity contribution in [2.45, 2.75) is 26.3 Å². The second-order valence-electron chi connectivity index (χ2n) is 3.93. The van der Waals surface area contributed by atoms with Crippen LogP contribution in [0.25, 0.3) is 0 Å². The first-order chi connectivity index (χ1) is 7.50. The Kier molecular flexibility index (Phi) is 4.04. The minimum absolute atomic E-state index is 0.0375. The third-order valence-electron chi connectivity index (χ3n) is 2.02. The number of nitrogens with one attached hydrogen (secondary N) is 2. The SMILES string of the molecule is CC(C)CC(Nc1ncc[nH]c1=O)C(=O)O. The van der Waals surface area contributed by atoms with Gasteiger partial charge in [-0.05, 0) is 12.3 Å². The summed E-state index contributed by atoms with van der Waals surface area (Å²) < 4.78 is 0. The molecule has 1 aromatic rings. The Morgan fingerprint density at radius 3 is 2.81 bits per heavy atom. The predicted octanol–water partition coefficient (Wildman–Crippen LogP) is 0.681. The number of aliphatic carboxylic acids is 1. The van der Waals surface area contributed by atoms with Gasteiger partial charge in [-0.15, -0.1) is 0 Å². The van der Waals surface area contributed by atoms with E-state index in [-0.39, 0.29) is 11.7 Å². The number of nitrogens with zero attached hydrogens (tertiary/aromatic N) is 1. The lowest BCUT2D eigenvalue weighted by Gasteiger charge is -2.15. The molecular weight excluding hydrogens is 210 g/mol. The van der Waals surface area contributed by atoms with Crippen molar-refractivity contribution in [1.29, 1.82) is 0 Å². The summed E-state index contributed by atoms with van der Waals surface area (Å²) in [5, 5.41) is 11.6. The van der Waals surface area contributed by atoms with Crippen molar-refractivity contribution in [3.05, 3.63) is 22.7 Å². The molecule has 0 saturated heterocycles. The van der Waals surface area contributed by atoms with E-state index in [2.05, 4.69) is 15.3 Å². The van der Waals surface area contributed by atoms with Crippen LogP contribution in [-0.2, 0) is 4.79 Å². The quantitative estimate of drug-likeness (QED) is 0.685. The molecule has 0 saturated carbocycles. The average molecular weight is 225 g/mol. The third kappa shape index (κ3) is 3.38. The van der Waals surface area contributed by atoms with Gasteiger partial charge in [-0.1, -0.05) is 13.8 Å². The molecule has 1 atom stereocenters. The maximum atomic E-state index is 11.3. The maximum Gasteiger partial charge on any atom is 0.326 e. The van der Waals surface area contributed by atoms with E-state index in [1.807, 2.05) is 13.8 Å². The maximum absolute atomic E-state index is 11.3. The molecule has 0 aliphatic rings. The van der Waals surface area contributed by atoms with Gasteiger partial charge in [-0.2, -0.15) is 0 Å². The van der Waals surface area contributed by atoms with Gasteiger partial charge in [0.2, 0.25) is 0 Å². The Morgan fingerprint density at radius 2 is 2.31 bits per heavy atom. The molecule has 0 aliphatic carbocycles. The van der Waals surface area contributed by atoms with Crippen molar-refractivity contribution in [1.82, 2.24) is 9.97 Å². The Hall–Kier alpha value is -1.85. The van der Waals surface area contributed by atoms with Crippen LogP contribution in [-0.4, -0.2) is 27.1 Å². The van der Waals surface area contributed by atoms with E-state index in [4.69, 9.17) is 5.11 Å². The molecular formula is C10H15N3O3. The van der Waals surface area contributed by atoms with Crippen LogP contribution in [0.1, 0.15) is 20.3 Å². The van der Waals surface area contributed by atoms with Crippen molar-refractivity contribution < 1.29 is 9.90 Å². The number of H-pyrrole nitrogens is 1. The minimum Gasteiger partial charge on any atom is -0.480 e. The monoisotopic (exact) mass is 225 g/mol. The zero-order valence-electron chi connectivity index (χ0n) is 9.23. The Labute approximate surface area is 92.7 Å². The number of carbonyl (C=O) groups is 1. The molecule has 6 heteroatoms. The van der Waals surface area contributed by atoms with Crippen LogP contribution >= 0.6 is 0 Å². The zero-order chi connectivity index (χ0) is 12.1. The van der Waals surface area contributed by atoms with Gasteiger partial charge < -0.3 is 15.4 Å². The van der Waals surface area contributed by atoms with Gasteiger partial charge in [0.15, 0.2) is 5.82 Å². The highest BCUT2D eigenvalue weighted by molar-refractivity contribution is 5.76. The number of hydrogen-bond donors (Lipinski definition) is 3. The average Bonchev–Trinajstić information content (AvgIpc) is 2.19. The standard InChI is InChI=1S/C10H15N3O3/c1-6(2)5-7(10(15)16)13-8-9(14)12-4-3-11-8/h3-4,6-7H,5H2,1-2H3,(H,11,13)(H,12,14)(H,15,16). The predicted molar refractivity (Wildman–Crippen MR) is 59.4 cm³/mol. The summed E-state index contributed by atoms with van der Waals surface area (Å²) in [4.78, 5) is 28.5. The summed E-state index contributed by atoms with van der Waals surface area (Å²) in [6.45, 7) is 3.83. The lowest BCUT2D eigenvalue weighted by molar-refractivity contribution is -0.138. The molecule has 0 bridgehead atoms. The molecule has 88 valence electrons. The third-order valence-corrected chi connectivity index (χ3v) is 2.02. The van der Waals surface area contributed by atoms with Crippen molar-refractivity contribution in [3.8, 4) is 0 Å². The molecule has 0 aliphatic heterocycles. The molecule has 1 heterocycles. The van der Waals surface area contributed by atoms with E-state index < -0.39 is 17.6 Å². The first-order valence-corrected chi connectivity index (χ1v) is 5.03. The number of carboxylic acids is 1. The molecule has 3 N–H and O–H groups in total. The summed E-state index contributed by atoms with van der Waals surface area (Å²) in [5.41, 5.74) is -0.419. The number of aromatic amines is 1. The fourth-order valence-electron chi connectivity index (χ4n) is 1.31. The number of anilines is 1. The van der Waals surface area contributed by atoms with E-state index in [1.54, 1.807) is 0 Å². The van der Waals surface area contributed by atoms with Gasteiger partial charge in [0, 0.05) is 12.4 Å². The minimum atomic E-state index is -0.987. The van der Waals surface area contributed by atoms with Crippen LogP contribution in [0.15, 0.2) is 17.2 Å². The topological polar surface area (TPSA) is 95.1 Å². The molecule has 1 rings (SSSR count). The van der Waals surface area contributed by atoms with Gasteiger partial charge in [-0.3, -0.25) is 4.79 Å². The number of aromatic nitrogens is 2. The highest BCUT2D eigenvalue weighted by atomic mass is 16.4. The van der Waals surface area contributed by atoms with Crippen LogP contribution in [0, 0.1) is 5.92 Å². The van der Waals surface area contributed by atoms with E-state index in [0.717, 1.165) is 0 Å². The van der Waals surface area contributed by atoms with Gasteiger partial charge in [0.25, 0.3) is 5.56 Å². The van der Waals surface area contributed by atoms with Gasteiger partial charge >= 0.3 is 5.97 Å². The van der Waals surface area contributed by atoms with E-state index in [9.17, 15) is 9.59 Å². The van der Waals surface area contributed by atoms with Crippen molar-refractivity contribution >= 4 is 11.8 Å². The molecule has 1 aromatic heterocycles. The first-order valence-electron chi connectivity index (χ1n) is 5.03. The molecule has 0 aromatic carbocycles. The van der Waals surface area contributed by atoms with Crippen LogP contribution in [0.2, 0.25) is 0 Å². The number of rotatable bonds is 5. The molecule has 0 fully saturated rings. The normalized spacial score (nSPS) is 12.4. The van der Waals surface area contributed by atoms with Crippen molar-refractivity contribution in [3.63, 3.8) is 0 Å². The van der Waals surface area contributed by atoms with Crippen molar-refractivity contribution in [2.75, 3.05) is 5.32 Å². The smallest absolute Gasteiger partial charge is 0.326 e. The van der Waals surface area contributed by atoms with Gasteiger partial charge in [0.05, 0.1) is 0 Å². The van der Waals surface area contributed by atoms with Crippen LogP contribution in [0.3, 0.4) is 0 Å². The Balaban J connectivity index is 2.80. The molecule has 0 radical (unpaired) electrons. The van der Waals surface area contributed by atoms with Crippen LogP contribution in [0.5, 0.6) is 0 Å². The van der Waals surface area contributed by atoms with E-state index in [0.29, 0.717) is 6.42 Å². The summed E-state index contributed by atoms with van der Waals surface area (Å²) >= 11 is 0. The van der Waals surface area contributed by atoms with E-state index in [1.165, 1.54) is 12.4 Å². The highest BCUT2D eigenvalue weighted by Crippen LogP contribution is 2.08. The fourth-order valence-corrected chi connectivity index (χ4v) is 1.31. The lowest BCUT2D eigenvalue weighted by Crippen LogP contribution is -2.33. The zero-order valence-corrected chi connectivity index (χ0v) is 9.23. The Morgan fingerprint density at radius 1 is 1.62 bits per heavy atom. The summed E-state index contributed by atoms with van der Waals surface area (Å²) in [7, 11) is 0. The highest BCUT2D eigenvalue weighted by Gasteiger charge is 2.19. The second kappa shape index (κ2) is 5.29. The van der Waals surface area contributed by atoms with Crippen LogP contribution in [0.4, 0.5) is 5.82 Å². The first kappa shape index (κ1) is 12.2. The molecule has 1 unspecified atom stereocenters. The van der Waals surface area contributed by atoms with Gasteiger partial charge in [0.1, 0.15) is 6.04 Å². The summed E-state index contributed by atoms with van der Waals surface area (Å²) in [5.74, 6) is -0.731. The van der Waals surface area contributed by atoms with Crippen LogP contribution < -0.4 is 10.9 Å². The summed E-state index contributed by atoms with van der Waals surface area (Å²) in [6.07, 6.45) is 3.23. The number of carboxylic acid groups (broad SMARTS) is 1. The summed E-state index contributed by atoms with van der Waals surface area (Å²) in [6, 6.07) is -0.795. The lowest BCUT2D eigenvalue weighted by atomic mass is 10.0. The Bertz CT molecular complexity index is 414. The fraction of sp³-hybridized carbons (Fsp3) is 0.500.